The molecule has 1 aromatic rings. The highest BCUT2D eigenvalue weighted by Gasteiger charge is 2.44. The Bertz CT molecular complexity index is 561. The van der Waals surface area contributed by atoms with Crippen molar-refractivity contribution in [1.29, 1.82) is 0 Å². The van der Waals surface area contributed by atoms with Gasteiger partial charge >= 0.3 is 0 Å². The van der Waals surface area contributed by atoms with Crippen LogP contribution in [0.3, 0.4) is 0 Å². The summed E-state index contributed by atoms with van der Waals surface area (Å²) in [6.45, 7) is 8.59. The van der Waals surface area contributed by atoms with E-state index in [1.165, 1.54) is 5.56 Å². The monoisotopic (exact) mass is 330 g/mol. The molecule has 2 unspecified atom stereocenters. The minimum atomic E-state index is -0.00310. The van der Waals surface area contributed by atoms with Gasteiger partial charge in [0.15, 0.2) is 0 Å². The van der Waals surface area contributed by atoms with Crippen LogP contribution < -0.4 is 10.1 Å². The van der Waals surface area contributed by atoms with E-state index in [4.69, 9.17) is 9.47 Å². The average Bonchev–Trinajstić information content (AvgIpc) is 3.08. The largest absolute Gasteiger partial charge is 0.487 e. The standard InChI is InChI=1S/C20H30N2O2/c1-15(2)22-10-8-20(9-11-22)13-18(21-16-7-12-23-14-16)17-5-3-4-6-19(17)24-20/h3-6,15-16,18,21H,7-14H2,1-2H3. The summed E-state index contributed by atoms with van der Waals surface area (Å²) in [6.07, 6.45) is 4.44. The lowest BCUT2D eigenvalue weighted by Crippen LogP contribution is -2.53. The highest BCUT2D eigenvalue weighted by molar-refractivity contribution is 5.39. The molecular weight excluding hydrogens is 300 g/mol. The van der Waals surface area contributed by atoms with Gasteiger partial charge in [-0.15, -0.1) is 0 Å². The van der Waals surface area contributed by atoms with Crippen LogP contribution in [0.4, 0.5) is 0 Å². The van der Waals surface area contributed by atoms with Crippen LogP contribution in [-0.2, 0) is 4.74 Å². The molecule has 3 aliphatic heterocycles. The maximum Gasteiger partial charge on any atom is 0.124 e. The van der Waals surface area contributed by atoms with E-state index in [0.29, 0.717) is 18.1 Å². The summed E-state index contributed by atoms with van der Waals surface area (Å²) in [5, 5.41) is 3.86. The van der Waals surface area contributed by atoms with Crippen LogP contribution in [0, 0.1) is 0 Å². The number of likely N-dealkylation sites (tertiary alicyclic amines) is 1. The molecule has 0 radical (unpaired) electrons. The quantitative estimate of drug-likeness (QED) is 0.923. The van der Waals surface area contributed by atoms with Crippen molar-refractivity contribution in [2.45, 2.75) is 63.3 Å². The Morgan fingerprint density at radius 3 is 2.71 bits per heavy atom. The molecular formula is C20H30N2O2. The number of nitrogens with zero attached hydrogens (tertiary/aromatic N) is 1. The first-order valence-corrected chi connectivity index (χ1v) is 9.51. The lowest BCUT2D eigenvalue weighted by Gasteiger charge is -2.48. The first-order chi connectivity index (χ1) is 11.7. The summed E-state index contributed by atoms with van der Waals surface area (Å²) in [5.74, 6) is 1.08. The van der Waals surface area contributed by atoms with E-state index in [9.17, 15) is 0 Å². The maximum atomic E-state index is 6.59. The highest BCUT2D eigenvalue weighted by atomic mass is 16.5. The van der Waals surface area contributed by atoms with Crippen molar-refractivity contribution in [2.24, 2.45) is 0 Å². The molecule has 1 aromatic carbocycles. The lowest BCUT2D eigenvalue weighted by atomic mass is 9.80. The molecule has 0 saturated carbocycles. The molecule has 0 aliphatic carbocycles. The van der Waals surface area contributed by atoms with E-state index < -0.39 is 0 Å². The smallest absolute Gasteiger partial charge is 0.124 e. The van der Waals surface area contributed by atoms with E-state index in [-0.39, 0.29) is 5.60 Å². The molecule has 1 spiro atoms. The summed E-state index contributed by atoms with van der Waals surface area (Å²) >= 11 is 0. The second kappa shape index (κ2) is 6.66. The van der Waals surface area contributed by atoms with Crippen LogP contribution in [0.2, 0.25) is 0 Å². The molecule has 4 heteroatoms. The number of benzene rings is 1. The molecule has 0 amide bonds. The molecule has 2 saturated heterocycles. The number of hydrogen-bond donors (Lipinski definition) is 1. The summed E-state index contributed by atoms with van der Waals surface area (Å²) < 4.78 is 12.1. The zero-order valence-corrected chi connectivity index (χ0v) is 15.0. The van der Waals surface area contributed by atoms with Gasteiger partial charge in [0.05, 0.1) is 6.61 Å². The van der Waals surface area contributed by atoms with Gasteiger partial charge in [-0.3, -0.25) is 0 Å². The minimum absolute atomic E-state index is 0.00310. The van der Waals surface area contributed by atoms with Crippen molar-refractivity contribution in [3.05, 3.63) is 29.8 Å². The van der Waals surface area contributed by atoms with Crippen molar-refractivity contribution in [3.63, 3.8) is 0 Å². The third kappa shape index (κ3) is 3.19. The fourth-order valence-corrected chi connectivity index (χ4v) is 4.47. The summed E-state index contributed by atoms with van der Waals surface area (Å²) in [5.41, 5.74) is 1.32. The van der Waals surface area contributed by atoms with Crippen molar-refractivity contribution in [3.8, 4) is 5.75 Å². The molecule has 1 N–H and O–H groups in total. The first-order valence-electron chi connectivity index (χ1n) is 9.51. The third-order valence-electron chi connectivity index (χ3n) is 6.00. The molecule has 3 heterocycles. The number of nitrogens with one attached hydrogen (secondary N) is 1. The molecule has 0 aromatic heterocycles. The fraction of sp³-hybridized carbons (Fsp3) is 0.700. The fourth-order valence-electron chi connectivity index (χ4n) is 4.47. The van der Waals surface area contributed by atoms with Gasteiger partial charge in [-0.2, -0.15) is 0 Å². The van der Waals surface area contributed by atoms with Gasteiger partial charge in [-0.1, -0.05) is 18.2 Å². The van der Waals surface area contributed by atoms with Crippen LogP contribution in [-0.4, -0.2) is 48.9 Å². The Morgan fingerprint density at radius 2 is 2.00 bits per heavy atom. The maximum absolute atomic E-state index is 6.59. The SMILES string of the molecule is CC(C)N1CCC2(CC1)CC(NC1CCOC1)c1ccccc1O2. The van der Waals surface area contributed by atoms with Gasteiger partial charge in [0.2, 0.25) is 0 Å². The Labute approximate surface area is 145 Å². The van der Waals surface area contributed by atoms with E-state index in [0.717, 1.165) is 57.7 Å². The normalized spacial score (nSPS) is 29.6. The summed E-state index contributed by atoms with van der Waals surface area (Å²) in [7, 11) is 0. The van der Waals surface area contributed by atoms with E-state index in [1.54, 1.807) is 0 Å². The van der Waals surface area contributed by atoms with Crippen molar-refractivity contribution < 1.29 is 9.47 Å². The molecule has 4 rings (SSSR count). The Kier molecular flexibility index (Phi) is 4.54. The van der Waals surface area contributed by atoms with Crippen LogP contribution in [0.1, 0.15) is 51.1 Å². The zero-order valence-electron chi connectivity index (χ0n) is 15.0. The van der Waals surface area contributed by atoms with Gasteiger partial charge < -0.3 is 19.7 Å². The Balaban J connectivity index is 1.54. The van der Waals surface area contributed by atoms with Gasteiger partial charge in [0.1, 0.15) is 11.4 Å². The highest BCUT2D eigenvalue weighted by Crippen LogP contribution is 2.44. The average molecular weight is 330 g/mol. The van der Waals surface area contributed by atoms with Crippen LogP contribution in [0.5, 0.6) is 5.75 Å². The molecule has 2 fully saturated rings. The van der Waals surface area contributed by atoms with Crippen molar-refractivity contribution in [2.75, 3.05) is 26.3 Å². The van der Waals surface area contributed by atoms with E-state index in [1.807, 2.05) is 0 Å². The number of hydrogen-bond acceptors (Lipinski definition) is 4. The number of ether oxygens (including phenoxy) is 2. The zero-order chi connectivity index (χ0) is 16.6. The number of fused-ring (bicyclic) bond motifs is 1. The van der Waals surface area contributed by atoms with E-state index >= 15 is 0 Å². The van der Waals surface area contributed by atoms with Gasteiger partial charge in [0.25, 0.3) is 0 Å². The molecule has 3 aliphatic rings. The van der Waals surface area contributed by atoms with Crippen molar-refractivity contribution >= 4 is 0 Å². The summed E-state index contributed by atoms with van der Waals surface area (Å²) in [6, 6.07) is 10.1. The first kappa shape index (κ1) is 16.4. The molecule has 2 atom stereocenters. The third-order valence-corrected chi connectivity index (χ3v) is 6.00. The van der Waals surface area contributed by atoms with E-state index in [2.05, 4.69) is 48.3 Å². The van der Waals surface area contributed by atoms with Gasteiger partial charge in [-0.25, -0.2) is 0 Å². The van der Waals surface area contributed by atoms with Gasteiger partial charge in [-0.05, 0) is 39.2 Å². The predicted molar refractivity (Wildman–Crippen MR) is 95.5 cm³/mol. The Hall–Kier alpha value is -1.10. The Morgan fingerprint density at radius 1 is 1.21 bits per heavy atom. The second-order valence-corrected chi connectivity index (χ2v) is 7.94. The molecule has 132 valence electrons. The van der Waals surface area contributed by atoms with Crippen molar-refractivity contribution in [1.82, 2.24) is 10.2 Å². The topological polar surface area (TPSA) is 33.7 Å². The van der Waals surface area contributed by atoms with Crippen LogP contribution in [0.25, 0.3) is 0 Å². The number of rotatable bonds is 3. The lowest BCUT2D eigenvalue weighted by molar-refractivity contribution is -0.0323. The van der Waals surface area contributed by atoms with Crippen LogP contribution in [0.15, 0.2) is 24.3 Å². The minimum Gasteiger partial charge on any atom is -0.487 e. The predicted octanol–water partition coefficient (Wildman–Crippen LogP) is 3.13. The number of piperidine rings is 1. The molecule has 4 nitrogen and oxygen atoms in total. The summed E-state index contributed by atoms with van der Waals surface area (Å²) in [4.78, 5) is 2.57. The van der Waals surface area contributed by atoms with Crippen LogP contribution >= 0.6 is 0 Å². The molecule has 0 bridgehead atoms. The molecule has 24 heavy (non-hydrogen) atoms. The van der Waals surface area contributed by atoms with Gasteiger partial charge in [0, 0.05) is 49.8 Å². The second-order valence-electron chi connectivity index (χ2n) is 7.94. The number of para-hydroxylation sites is 1.